The predicted octanol–water partition coefficient (Wildman–Crippen LogP) is 2.85. The highest BCUT2D eigenvalue weighted by Crippen LogP contribution is 2.14. The zero-order chi connectivity index (χ0) is 22.6. The molecule has 1 atom stereocenters. The summed E-state index contributed by atoms with van der Waals surface area (Å²) in [5.74, 6) is 1.28. The molecule has 0 aromatic heterocycles. The molecule has 3 rings (SSSR count). The van der Waals surface area contributed by atoms with E-state index in [-0.39, 0.29) is 30.0 Å². The number of benzene rings is 1. The summed E-state index contributed by atoms with van der Waals surface area (Å²) in [6.45, 7) is 12.7. The fraction of sp³-hybridized carbons (Fsp3) is 0.680. The molecule has 33 heavy (non-hydrogen) atoms. The zero-order valence-corrected chi connectivity index (χ0v) is 22.7. The van der Waals surface area contributed by atoms with Gasteiger partial charge in [0.25, 0.3) is 0 Å². The Morgan fingerprint density at radius 2 is 1.73 bits per heavy atom. The van der Waals surface area contributed by atoms with Crippen molar-refractivity contribution in [1.82, 2.24) is 20.0 Å². The molecule has 0 bridgehead atoms. The summed E-state index contributed by atoms with van der Waals surface area (Å²) >= 11 is 0. The van der Waals surface area contributed by atoms with Gasteiger partial charge in [-0.25, -0.2) is 0 Å². The van der Waals surface area contributed by atoms with Crippen LogP contribution in [-0.4, -0.2) is 98.2 Å². The monoisotopic (exact) mass is 571 g/mol. The Hall–Kier alpha value is -1.39. The Bertz CT molecular complexity index is 704. The van der Waals surface area contributed by atoms with E-state index >= 15 is 0 Å². The van der Waals surface area contributed by atoms with E-state index in [0.29, 0.717) is 5.91 Å². The summed E-state index contributed by atoms with van der Waals surface area (Å²) in [7, 11) is 0. The second-order valence-corrected chi connectivity index (χ2v) is 8.67. The van der Waals surface area contributed by atoms with Crippen LogP contribution in [0.5, 0.6) is 0 Å². The number of ether oxygens (including phenoxy) is 1. The molecule has 0 spiro atoms. The van der Waals surface area contributed by atoms with Gasteiger partial charge in [0.1, 0.15) is 0 Å². The van der Waals surface area contributed by atoms with Gasteiger partial charge < -0.3 is 19.9 Å². The van der Waals surface area contributed by atoms with Crippen LogP contribution in [0.15, 0.2) is 35.3 Å². The number of rotatable bonds is 10. The minimum Gasteiger partial charge on any atom is -0.381 e. The third-order valence-electron chi connectivity index (χ3n) is 6.36. The summed E-state index contributed by atoms with van der Waals surface area (Å²) in [6, 6.07) is 10.4. The van der Waals surface area contributed by atoms with E-state index in [9.17, 15) is 4.79 Å². The summed E-state index contributed by atoms with van der Waals surface area (Å²) in [6.07, 6.45) is 4.17. The Balaban J connectivity index is 0.00000385. The van der Waals surface area contributed by atoms with Crippen LogP contribution in [0.3, 0.4) is 0 Å². The number of piperazine rings is 1. The number of halogens is 1. The van der Waals surface area contributed by atoms with Crippen LogP contribution in [0.25, 0.3) is 0 Å². The lowest BCUT2D eigenvalue weighted by Crippen LogP contribution is -2.57. The molecular formula is C25H42IN5O2. The van der Waals surface area contributed by atoms with Crippen LogP contribution in [0.1, 0.15) is 38.7 Å². The molecule has 2 saturated heterocycles. The summed E-state index contributed by atoms with van der Waals surface area (Å²) in [5.41, 5.74) is 1.32. The Kier molecular flexibility index (Phi) is 13.1. The largest absolute Gasteiger partial charge is 0.381 e. The quantitative estimate of drug-likeness (QED) is 0.203. The molecule has 0 radical (unpaired) electrons. The molecule has 0 saturated carbocycles. The van der Waals surface area contributed by atoms with Gasteiger partial charge in [0.15, 0.2) is 5.96 Å². The molecule has 1 aromatic carbocycles. The maximum atomic E-state index is 12.7. The second kappa shape index (κ2) is 15.5. The van der Waals surface area contributed by atoms with Crippen LogP contribution < -0.4 is 5.32 Å². The third kappa shape index (κ3) is 9.05. The lowest BCUT2D eigenvalue weighted by Gasteiger charge is -2.39. The van der Waals surface area contributed by atoms with Crippen molar-refractivity contribution < 1.29 is 9.53 Å². The molecule has 1 unspecified atom stereocenters. The van der Waals surface area contributed by atoms with Gasteiger partial charge >= 0.3 is 0 Å². The smallest absolute Gasteiger partial charge is 0.239 e. The Labute approximate surface area is 216 Å². The van der Waals surface area contributed by atoms with Crippen molar-refractivity contribution in [3.05, 3.63) is 35.9 Å². The van der Waals surface area contributed by atoms with Crippen molar-refractivity contribution in [2.24, 2.45) is 4.99 Å². The van der Waals surface area contributed by atoms with Crippen molar-refractivity contribution in [3.63, 3.8) is 0 Å². The summed E-state index contributed by atoms with van der Waals surface area (Å²) < 4.78 is 5.78. The lowest BCUT2D eigenvalue weighted by molar-refractivity contribution is -0.135. The number of aliphatic imine (C=N–C) groups is 1. The number of likely N-dealkylation sites (tertiary alicyclic amines) is 1. The van der Waals surface area contributed by atoms with Crippen molar-refractivity contribution in [3.8, 4) is 0 Å². The minimum atomic E-state index is -0.0252. The molecule has 2 heterocycles. The van der Waals surface area contributed by atoms with E-state index in [0.717, 1.165) is 97.2 Å². The molecule has 8 heteroatoms. The van der Waals surface area contributed by atoms with Gasteiger partial charge in [-0.1, -0.05) is 30.3 Å². The highest BCUT2D eigenvalue weighted by molar-refractivity contribution is 14.0. The van der Waals surface area contributed by atoms with Gasteiger partial charge in [-0.2, -0.15) is 0 Å². The first kappa shape index (κ1) is 27.9. The zero-order valence-electron chi connectivity index (χ0n) is 20.4. The number of hydrogen-bond acceptors (Lipinski definition) is 4. The van der Waals surface area contributed by atoms with Crippen LogP contribution in [-0.2, 0) is 16.0 Å². The summed E-state index contributed by atoms with van der Waals surface area (Å²) in [5, 5.41) is 3.43. The van der Waals surface area contributed by atoms with E-state index in [2.05, 4.69) is 53.2 Å². The molecule has 0 aliphatic carbocycles. The maximum absolute atomic E-state index is 12.7. The number of guanidine groups is 1. The first-order chi connectivity index (χ1) is 15.7. The maximum Gasteiger partial charge on any atom is 0.239 e. The topological polar surface area (TPSA) is 60.4 Å². The van der Waals surface area contributed by atoms with Crippen LogP contribution >= 0.6 is 24.0 Å². The standard InChI is InChI=1S/C25H41N5O2.HI/c1-3-26-25(27-13-9-20-32-21-12-23-10-5-4-6-11-23)30-18-16-28(17-19-30)22(2)24(31)29-14-7-8-15-29;/h4-6,10-11,22H,3,7-9,12-21H2,1-2H3,(H,26,27);1H. The van der Waals surface area contributed by atoms with E-state index in [1.807, 2.05) is 11.0 Å². The number of amides is 1. The molecule has 2 fully saturated rings. The van der Waals surface area contributed by atoms with Crippen molar-refractivity contribution in [2.75, 3.05) is 65.6 Å². The van der Waals surface area contributed by atoms with Gasteiger partial charge in [-0.3, -0.25) is 14.7 Å². The normalized spacial score (nSPS) is 18.2. The van der Waals surface area contributed by atoms with Crippen LogP contribution in [0.2, 0.25) is 0 Å². The SMILES string of the molecule is CCNC(=NCCCOCCc1ccccc1)N1CCN(C(C)C(=O)N2CCCC2)CC1.I. The van der Waals surface area contributed by atoms with Gasteiger partial charge in [0, 0.05) is 59.0 Å². The van der Waals surface area contributed by atoms with Crippen molar-refractivity contribution in [2.45, 2.75) is 45.6 Å². The van der Waals surface area contributed by atoms with Gasteiger partial charge in [0.2, 0.25) is 5.91 Å². The number of nitrogens with zero attached hydrogens (tertiary/aromatic N) is 4. The molecule has 2 aliphatic rings. The fourth-order valence-corrected chi connectivity index (χ4v) is 4.39. The Morgan fingerprint density at radius 3 is 2.39 bits per heavy atom. The number of hydrogen-bond donors (Lipinski definition) is 1. The van der Waals surface area contributed by atoms with Gasteiger partial charge in [-0.15, -0.1) is 24.0 Å². The fourth-order valence-electron chi connectivity index (χ4n) is 4.39. The lowest BCUT2D eigenvalue weighted by atomic mass is 10.2. The van der Waals surface area contributed by atoms with E-state index in [4.69, 9.17) is 9.73 Å². The Morgan fingerprint density at radius 1 is 1.03 bits per heavy atom. The van der Waals surface area contributed by atoms with Gasteiger partial charge in [-0.05, 0) is 45.1 Å². The molecule has 1 amide bonds. The molecular weight excluding hydrogens is 529 g/mol. The highest BCUT2D eigenvalue weighted by Gasteiger charge is 2.30. The van der Waals surface area contributed by atoms with Gasteiger partial charge in [0.05, 0.1) is 12.6 Å². The number of carbonyl (C=O) groups excluding carboxylic acids is 1. The molecule has 2 aliphatic heterocycles. The average molecular weight is 572 g/mol. The van der Waals surface area contributed by atoms with Crippen LogP contribution in [0, 0.1) is 0 Å². The third-order valence-corrected chi connectivity index (χ3v) is 6.36. The first-order valence-electron chi connectivity index (χ1n) is 12.4. The second-order valence-electron chi connectivity index (χ2n) is 8.67. The predicted molar refractivity (Wildman–Crippen MR) is 145 cm³/mol. The van der Waals surface area contributed by atoms with Crippen molar-refractivity contribution >= 4 is 35.8 Å². The number of nitrogens with one attached hydrogen (secondary N) is 1. The van der Waals surface area contributed by atoms with Crippen molar-refractivity contribution in [1.29, 1.82) is 0 Å². The molecule has 7 nitrogen and oxygen atoms in total. The number of carbonyl (C=O) groups is 1. The average Bonchev–Trinajstić information content (AvgIpc) is 3.38. The van der Waals surface area contributed by atoms with E-state index in [1.165, 1.54) is 5.56 Å². The molecule has 1 aromatic rings. The highest BCUT2D eigenvalue weighted by atomic mass is 127. The van der Waals surface area contributed by atoms with Crippen LogP contribution in [0.4, 0.5) is 0 Å². The minimum absolute atomic E-state index is 0. The molecule has 186 valence electrons. The molecule has 1 N–H and O–H groups in total. The van der Waals surface area contributed by atoms with E-state index in [1.54, 1.807) is 0 Å². The summed E-state index contributed by atoms with van der Waals surface area (Å²) in [4.78, 5) is 24.2. The van der Waals surface area contributed by atoms with E-state index < -0.39 is 0 Å². The first-order valence-corrected chi connectivity index (χ1v) is 12.4.